The maximum Gasteiger partial charge on any atom is 0.203 e. The predicted octanol–water partition coefficient (Wildman–Crippen LogP) is 2.77. The smallest absolute Gasteiger partial charge is 0.203 e. The zero-order valence-corrected chi connectivity index (χ0v) is 16.1. The number of methoxy groups -OCH3 is 3. The molecule has 0 aliphatic rings. The van der Waals surface area contributed by atoms with E-state index in [0.717, 1.165) is 17.7 Å². The Labute approximate surface area is 160 Å². The van der Waals surface area contributed by atoms with Crippen LogP contribution >= 0.6 is 0 Å². The van der Waals surface area contributed by atoms with Crippen molar-refractivity contribution in [3.63, 3.8) is 0 Å². The van der Waals surface area contributed by atoms with E-state index < -0.39 is 0 Å². The van der Waals surface area contributed by atoms with Crippen LogP contribution in [0.5, 0.6) is 17.2 Å². The number of hydrogen-bond donors (Lipinski definition) is 2. The number of nitrogens with one attached hydrogen (secondary N) is 2. The van der Waals surface area contributed by atoms with Gasteiger partial charge in [-0.2, -0.15) is 0 Å². The summed E-state index contributed by atoms with van der Waals surface area (Å²) in [7, 11) is 4.77. The molecule has 0 saturated carbocycles. The second kappa shape index (κ2) is 10.8. The summed E-state index contributed by atoms with van der Waals surface area (Å²) >= 11 is 0. The average Bonchev–Trinajstić information content (AvgIpc) is 3.22. The number of benzene rings is 1. The zero-order valence-electron chi connectivity index (χ0n) is 16.1. The van der Waals surface area contributed by atoms with Crippen LogP contribution < -0.4 is 24.8 Å². The van der Waals surface area contributed by atoms with E-state index in [4.69, 9.17) is 18.6 Å². The third-order valence-electron chi connectivity index (χ3n) is 3.80. The molecule has 0 radical (unpaired) electrons. The standard InChI is InChI=1S/C20H27N3O4/c1-5-9-21-20(22-10-8-16-7-6-11-27-16)23-14-15-12-17(24-2)19(26-4)18(13-15)25-3/h5-7,11-13H,1,8-10,14H2,2-4H3,(H2,21,22,23). The van der Waals surface area contributed by atoms with Crippen LogP contribution in [0.3, 0.4) is 0 Å². The van der Waals surface area contributed by atoms with Crippen molar-refractivity contribution in [2.75, 3.05) is 34.4 Å². The molecule has 146 valence electrons. The van der Waals surface area contributed by atoms with E-state index >= 15 is 0 Å². The zero-order chi connectivity index (χ0) is 19.5. The fraction of sp³-hybridized carbons (Fsp3) is 0.350. The van der Waals surface area contributed by atoms with Crippen molar-refractivity contribution in [3.8, 4) is 17.2 Å². The number of nitrogens with zero attached hydrogens (tertiary/aromatic N) is 1. The molecule has 1 aromatic carbocycles. The summed E-state index contributed by atoms with van der Waals surface area (Å²) in [4.78, 5) is 4.62. The second-order valence-electron chi connectivity index (χ2n) is 5.62. The molecule has 0 unspecified atom stereocenters. The predicted molar refractivity (Wildman–Crippen MR) is 106 cm³/mol. The molecule has 0 aliphatic heterocycles. The molecule has 2 N–H and O–H groups in total. The molecular formula is C20H27N3O4. The number of hydrogen-bond acceptors (Lipinski definition) is 5. The minimum absolute atomic E-state index is 0.448. The van der Waals surface area contributed by atoms with Gasteiger partial charge < -0.3 is 29.3 Å². The van der Waals surface area contributed by atoms with Crippen molar-refractivity contribution in [1.29, 1.82) is 0 Å². The lowest BCUT2D eigenvalue weighted by molar-refractivity contribution is 0.324. The van der Waals surface area contributed by atoms with Crippen molar-refractivity contribution >= 4 is 5.96 Å². The lowest BCUT2D eigenvalue weighted by Crippen LogP contribution is -2.38. The summed E-state index contributed by atoms with van der Waals surface area (Å²) in [5.74, 6) is 3.39. The van der Waals surface area contributed by atoms with Gasteiger partial charge >= 0.3 is 0 Å². The van der Waals surface area contributed by atoms with Crippen LogP contribution in [0.4, 0.5) is 0 Å². The number of furan rings is 1. The highest BCUT2D eigenvalue weighted by molar-refractivity contribution is 5.80. The topological polar surface area (TPSA) is 77.3 Å². The van der Waals surface area contributed by atoms with Crippen LogP contribution in [-0.2, 0) is 13.0 Å². The Hall–Kier alpha value is -3.09. The highest BCUT2D eigenvalue weighted by atomic mass is 16.5. The molecule has 0 bridgehead atoms. The number of rotatable bonds is 10. The van der Waals surface area contributed by atoms with Crippen molar-refractivity contribution in [2.45, 2.75) is 13.0 Å². The maximum atomic E-state index is 5.39. The Balaban J connectivity index is 2.07. The first-order chi connectivity index (χ1) is 13.2. The van der Waals surface area contributed by atoms with Gasteiger partial charge in [0.25, 0.3) is 0 Å². The molecule has 7 heteroatoms. The Kier molecular flexibility index (Phi) is 8.09. The normalized spacial score (nSPS) is 11.0. The number of aliphatic imine (C=N–C) groups is 1. The van der Waals surface area contributed by atoms with Gasteiger partial charge in [-0.1, -0.05) is 6.08 Å². The van der Waals surface area contributed by atoms with E-state index in [1.807, 2.05) is 24.3 Å². The molecule has 0 aliphatic carbocycles. The van der Waals surface area contributed by atoms with Crippen molar-refractivity contribution < 1.29 is 18.6 Å². The summed E-state index contributed by atoms with van der Waals surface area (Å²) in [5.41, 5.74) is 0.940. The van der Waals surface area contributed by atoms with E-state index in [1.165, 1.54) is 0 Å². The van der Waals surface area contributed by atoms with Gasteiger partial charge in [-0.15, -0.1) is 6.58 Å². The van der Waals surface area contributed by atoms with Crippen LogP contribution in [0, 0.1) is 0 Å². The van der Waals surface area contributed by atoms with E-state index in [2.05, 4.69) is 22.2 Å². The highest BCUT2D eigenvalue weighted by Gasteiger charge is 2.13. The molecular weight excluding hydrogens is 346 g/mol. The van der Waals surface area contributed by atoms with Gasteiger partial charge in [-0.3, -0.25) is 0 Å². The van der Waals surface area contributed by atoms with Gasteiger partial charge in [0.1, 0.15) is 5.76 Å². The van der Waals surface area contributed by atoms with Gasteiger partial charge in [-0.05, 0) is 29.8 Å². The largest absolute Gasteiger partial charge is 0.493 e. The molecule has 7 nitrogen and oxygen atoms in total. The summed E-state index contributed by atoms with van der Waals surface area (Å²) in [6, 6.07) is 7.61. The summed E-state index contributed by atoms with van der Waals surface area (Å²) in [6.07, 6.45) is 4.22. The fourth-order valence-electron chi connectivity index (χ4n) is 2.50. The minimum Gasteiger partial charge on any atom is -0.493 e. The van der Waals surface area contributed by atoms with Crippen LogP contribution in [0.15, 0.2) is 52.6 Å². The summed E-state index contributed by atoms with van der Waals surface area (Å²) < 4.78 is 21.5. The first kappa shape index (κ1) is 20.2. The number of ether oxygens (including phenoxy) is 3. The lowest BCUT2D eigenvalue weighted by atomic mass is 10.2. The summed E-state index contributed by atoms with van der Waals surface area (Å²) in [5, 5.41) is 6.49. The van der Waals surface area contributed by atoms with Gasteiger partial charge in [0, 0.05) is 19.5 Å². The Morgan fingerprint density at radius 2 is 1.89 bits per heavy atom. The molecule has 1 heterocycles. The molecule has 0 atom stereocenters. The van der Waals surface area contributed by atoms with E-state index in [9.17, 15) is 0 Å². The monoisotopic (exact) mass is 373 g/mol. The third kappa shape index (κ3) is 5.99. The summed E-state index contributed by atoms with van der Waals surface area (Å²) in [6.45, 7) is 5.49. The Morgan fingerprint density at radius 1 is 1.15 bits per heavy atom. The maximum absolute atomic E-state index is 5.39. The third-order valence-corrected chi connectivity index (χ3v) is 3.80. The van der Waals surface area contributed by atoms with Gasteiger partial charge in [0.2, 0.25) is 5.75 Å². The average molecular weight is 373 g/mol. The van der Waals surface area contributed by atoms with Crippen LogP contribution in [0.1, 0.15) is 11.3 Å². The Morgan fingerprint density at radius 3 is 2.44 bits per heavy atom. The van der Waals surface area contributed by atoms with Gasteiger partial charge in [-0.25, -0.2) is 4.99 Å². The van der Waals surface area contributed by atoms with Gasteiger partial charge in [0.15, 0.2) is 17.5 Å². The highest BCUT2D eigenvalue weighted by Crippen LogP contribution is 2.38. The van der Waals surface area contributed by atoms with E-state index in [0.29, 0.717) is 42.8 Å². The molecule has 27 heavy (non-hydrogen) atoms. The molecule has 0 saturated heterocycles. The number of guanidine groups is 1. The van der Waals surface area contributed by atoms with Gasteiger partial charge in [0.05, 0.1) is 34.1 Å². The van der Waals surface area contributed by atoms with E-state index in [-0.39, 0.29) is 0 Å². The molecule has 0 spiro atoms. The molecule has 2 aromatic rings. The molecule has 0 fully saturated rings. The molecule has 2 rings (SSSR count). The van der Waals surface area contributed by atoms with Crippen LogP contribution in [-0.4, -0.2) is 40.4 Å². The molecule has 0 amide bonds. The van der Waals surface area contributed by atoms with E-state index in [1.54, 1.807) is 33.7 Å². The first-order valence-electron chi connectivity index (χ1n) is 8.66. The van der Waals surface area contributed by atoms with Crippen molar-refractivity contribution in [2.24, 2.45) is 4.99 Å². The van der Waals surface area contributed by atoms with Crippen LogP contribution in [0.2, 0.25) is 0 Å². The minimum atomic E-state index is 0.448. The Bertz CT molecular complexity index is 717. The fourth-order valence-corrected chi connectivity index (χ4v) is 2.50. The first-order valence-corrected chi connectivity index (χ1v) is 8.66. The van der Waals surface area contributed by atoms with Crippen LogP contribution in [0.25, 0.3) is 0 Å². The SMILES string of the molecule is C=CCNC(=NCc1cc(OC)c(OC)c(OC)c1)NCCc1ccco1. The van der Waals surface area contributed by atoms with Crippen molar-refractivity contribution in [3.05, 3.63) is 54.5 Å². The van der Waals surface area contributed by atoms with Crippen molar-refractivity contribution in [1.82, 2.24) is 10.6 Å². The second-order valence-corrected chi connectivity index (χ2v) is 5.62. The quantitative estimate of drug-likeness (QED) is 0.379. The molecule has 1 aromatic heterocycles. The lowest BCUT2D eigenvalue weighted by Gasteiger charge is -2.14.